The maximum absolute atomic E-state index is 13.2. The Balaban J connectivity index is 1.67. The first-order chi connectivity index (χ1) is 15.4. The Morgan fingerprint density at radius 2 is 2.00 bits per heavy atom. The van der Waals surface area contributed by atoms with Gasteiger partial charge >= 0.3 is 0 Å². The average molecular weight is 455 g/mol. The third-order valence-electron chi connectivity index (χ3n) is 4.95. The number of imidazole rings is 1. The third kappa shape index (κ3) is 4.33. The maximum Gasteiger partial charge on any atom is 0.291 e. The van der Waals surface area contributed by atoms with Crippen molar-refractivity contribution in [2.75, 3.05) is 12.4 Å². The number of nitrogens with one attached hydrogen (secondary N) is 1. The highest BCUT2D eigenvalue weighted by molar-refractivity contribution is 6.29. The molecule has 0 bridgehead atoms. The first kappa shape index (κ1) is 21.5. The topological polar surface area (TPSA) is 86.9 Å². The van der Waals surface area contributed by atoms with Gasteiger partial charge in [0.2, 0.25) is 5.95 Å². The second-order valence-corrected chi connectivity index (χ2v) is 7.54. The van der Waals surface area contributed by atoms with Gasteiger partial charge in [0.15, 0.2) is 5.15 Å². The fourth-order valence-corrected chi connectivity index (χ4v) is 3.48. The normalized spacial score (nSPS) is 11.9. The number of aryl methyl sites for hydroxylation is 1. The van der Waals surface area contributed by atoms with Gasteiger partial charge in [0.05, 0.1) is 30.9 Å². The third-order valence-corrected chi connectivity index (χ3v) is 5.14. The fraction of sp³-hybridized carbons (Fsp3) is 0.182. The minimum atomic E-state index is -0.599. The summed E-state index contributed by atoms with van der Waals surface area (Å²) >= 11 is 6.19. The van der Waals surface area contributed by atoms with E-state index in [4.69, 9.17) is 16.3 Å². The van der Waals surface area contributed by atoms with Crippen LogP contribution in [0.5, 0.6) is 5.75 Å². The molecule has 1 N–H and O–H groups in total. The van der Waals surface area contributed by atoms with E-state index in [1.165, 1.54) is 23.0 Å². The van der Waals surface area contributed by atoms with E-state index in [-0.39, 0.29) is 16.4 Å². The van der Waals surface area contributed by atoms with Crippen LogP contribution >= 0.6 is 11.6 Å². The number of ether oxygens (including phenoxy) is 1. The van der Waals surface area contributed by atoms with Crippen LogP contribution in [0, 0.1) is 12.9 Å². The molecule has 0 saturated carbocycles. The number of hydrogen-bond acceptors (Lipinski definition) is 6. The van der Waals surface area contributed by atoms with Crippen LogP contribution < -0.4 is 15.6 Å². The number of aromatic nitrogens is 5. The minimum Gasteiger partial charge on any atom is -0.494 e. The summed E-state index contributed by atoms with van der Waals surface area (Å²) in [4.78, 5) is 21.0. The molecule has 0 spiro atoms. The van der Waals surface area contributed by atoms with E-state index in [9.17, 15) is 9.18 Å². The second kappa shape index (κ2) is 8.80. The Bertz CT molecular complexity index is 1320. The van der Waals surface area contributed by atoms with E-state index in [0.29, 0.717) is 17.0 Å². The highest BCUT2D eigenvalue weighted by atomic mass is 35.5. The Morgan fingerprint density at radius 1 is 1.19 bits per heavy atom. The zero-order chi connectivity index (χ0) is 22.8. The first-order valence-corrected chi connectivity index (χ1v) is 10.1. The molecule has 0 aliphatic carbocycles. The molecule has 4 aromatic rings. The molecule has 0 fully saturated rings. The summed E-state index contributed by atoms with van der Waals surface area (Å²) in [7, 11) is 1.57. The van der Waals surface area contributed by atoms with Crippen LogP contribution in [0.4, 0.5) is 15.8 Å². The number of anilines is 2. The van der Waals surface area contributed by atoms with Gasteiger partial charge in [-0.05, 0) is 37.6 Å². The largest absolute Gasteiger partial charge is 0.494 e. The van der Waals surface area contributed by atoms with Gasteiger partial charge in [0.1, 0.15) is 11.4 Å². The van der Waals surface area contributed by atoms with Gasteiger partial charge in [-0.2, -0.15) is 9.49 Å². The zero-order valence-corrected chi connectivity index (χ0v) is 18.3. The predicted molar refractivity (Wildman–Crippen MR) is 120 cm³/mol. The molecular weight excluding hydrogens is 435 g/mol. The Kier molecular flexibility index (Phi) is 5.91. The van der Waals surface area contributed by atoms with Crippen LogP contribution in [-0.4, -0.2) is 31.4 Å². The van der Waals surface area contributed by atoms with E-state index < -0.39 is 12.0 Å². The van der Waals surface area contributed by atoms with E-state index >= 15 is 0 Å². The molecule has 0 unspecified atom stereocenters. The summed E-state index contributed by atoms with van der Waals surface area (Å²) in [6.07, 6.45) is 4.95. The number of nitrogens with zero attached hydrogens (tertiary/aromatic N) is 5. The zero-order valence-electron chi connectivity index (χ0n) is 17.6. The number of rotatable bonds is 6. The fourth-order valence-electron chi connectivity index (χ4n) is 3.29. The minimum absolute atomic E-state index is 0.131. The van der Waals surface area contributed by atoms with E-state index in [0.717, 1.165) is 11.4 Å². The highest BCUT2D eigenvalue weighted by Crippen LogP contribution is 2.28. The van der Waals surface area contributed by atoms with Crippen LogP contribution in [0.15, 0.2) is 59.9 Å². The van der Waals surface area contributed by atoms with E-state index in [2.05, 4.69) is 20.4 Å². The molecule has 1 aromatic carbocycles. The van der Waals surface area contributed by atoms with Crippen molar-refractivity contribution in [3.05, 3.63) is 87.8 Å². The molecular formula is C22H20ClFN6O2. The monoisotopic (exact) mass is 454 g/mol. The van der Waals surface area contributed by atoms with Crippen molar-refractivity contribution in [3.63, 3.8) is 0 Å². The molecule has 3 aromatic heterocycles. The van der Waals surface area contributed by atoms with Gasteiger partial charge in [0.25, 0.3) is 5.56 Å². The smallest absolute Gasteiger partial charge is 0.291 e. The van der Waals surface area contributed by atoms with Gasteiger partial charge in [-0.25, -0.2) is 14.6 Å². The maximum atomic E-state index is 13.2. The summed E-state index contributed by atoms with van der Waals surface area (Å²) in [6.45, 7) is 3.66. The summed E-state index contributed by atoms with van der Waals surface area (Å²) in [5.74, 6) is -0.00316. The number of pyridine rings is 1. The molecule has 0 radical (unpaired) electrons. The standard InChI is InChI=1S/C22H20ClFN6O2/c1-13-11-29(12-26-13)18-6-5-16(8-19(18)32-3)27-17-9-20(23)28-30(22(17)31)14(2)15-4-7-21(24)25-10-15/h4-12,14,27H,1-3H3/t14-/m0/s1. The van der Waals surface area contributed by atoms with Gasteiger partial charge in [0, 0.05) is 30.2 Å². The molecule has 3 heterocycles. The summed E-state index contributed by atoms with van der Waals surface area (Å²) in [6, 6.07) is 9.18. The molecule has 164 valence electrons. The second-order valence-electron chi connectivity index (χ2n) is 7.15. The summed E-state index contributed by atoms with van der Waals surface area (Å²) in [5, 5.41) is 7.36. The predicted octanol–water partition coefficient (Wildman–Crippen LogP) is 4.29. The van der Waals surface area contributed by atoms with Crippen molar-refractivity contribution in [2.45, 2.75) is 19.9 Å². The van der Waals surface area contributed by atoms with Crippen molar-refractivity contribution in [3.8, 4) is 11.4 Å². The quantitative estimate of drug-likeness (QED) is 0.437. The van der Waals surface area contributed by atoms with Crippen LogP contribution in [-0.2, 0) is 0 Å². The lowest BCUT2D eigenvalue weighted by Crippen LogP contribution is -2.28. The number of halogens is 2. The molecule has 32 heavy (non-hydrogen) atoms. The molecule has 8 nitrogen and oxygen atoms in total. The van der Waals surface area contributed by atoms with Crippen molar-refractivity contribution in [2.24, 2.45) is 0 Å². The SMILES string of the molecule is COc1cc(Nc2cc(Cl)nn([C@@H](C)c3ccc(F)nc3)c2=O)ccc1-n1cnc(C)c1. The Hall–Kier alpha value is -3.72. The molecule has 10 heteroatoms. The van der Waals surface area contributed by atoms with Crippen molar-refractivity contribution in [1.82, 2.24) is 24.3 Å². The Morgan fingerprint density at radius 3 is 2.66 bits per heavy atom. The number of benzene rings is 1. The van der Waals surface area contributed by atoms with Crippen LogP contribution in [0.3, 0.4) is 0 Å². The first-order valence-electron chi connectivity index (χ1n) is 9.72. The molecule has 4 rings (SSSR count). The lowest BCUT2D eigenvalue weighted by Gasteiger charge is -2.17. The lowest BCUT2D eigenvalue weighted by molar-refractivity contribution is 0.413. The molecule has 1 atom stereocenters. The van der Waals surface area contributed by atoms with E-state index in [1.54, 1.807) is 32.5 Å². The summed E-state index contributed by atoms with van der Waals surface area (Å²) < 4.78 is 21.8. The van der Waals surface area contributed by atoms with Crippen molar-refractivity contribution in [1.29, 1.82) is 0 Å². The number of hydrogen-bond donors (Lipinski definition) is 1. The Labute approximate surface area is 188 Å². The average Bonchev–Trinajstić information content (AvgIpc) is 3.22. The highest BCUT2D eigenvalue weighted by Gasteiger charge is 2.16. The van der Waals surface area contributed by atoms with Gasteiger partial charge in [-0.3, -0.25) is 4.79 Å². The molecule has 0 aliphatic heterocycles. The molecule has 0 saturated heterocycles. The number of methoxy groups -OCH3 is 1. The lowest BCUT2D eigenvalue weighted by atomic mass is 10.1. The van der Waals surface area contributed by atoms with Crippen LogP contribution in [0.1, 0.15) is 24.2 Å². The van der Waals surface area contributed by atoms with Crippen LogP contribution in [0.2, 0.25) is 5.15 Å². The van der Waals surface area contributed by atoms with Gasteiger partial charge < -0.3 is 14.6 Å². The van der Waals surface area contributed by atoms with Gasteiger partial charge in [-0.1, -0.05) is 17.7 Å². The summed E-state index contributed by atoms with van der Waals surface area (Å²) in [5.41, 5.74) is 2.79. The van der Waals surface area contributed by atoms with Gasteiger partial charge in [-0.15, -0.1) is 0 Å². The van der Waals surface area contributed by atoms with Crippen LogP contribution in [0.25, 0.3) is 5.69 Å². The molecule has 0 aliphatic rings. The van der Waals surface area contributed by atoms with E-state index in [1.807, 2.05) is 29.8 Å². The van der Waals surface area contributed by atoms with Crippen molar-refractivity contribution >= 4 is 23.0 Å². The van der Waals surface area contributed by atoms with Crippen molar-refractivity contribution < 1.29 is 9.13 Å². The molecule has 0 amide bonds.